The van der Waals surface area contributed by atoms with Gasteiger partial charge < -0.3 is 19.3 Å². The Bertz CT molecular complexity index is 1510. The number of benzene rings is 2. The third-order valence-corrected chi connectivity index (χ3v) is 10.5. The van der Waals surface area contributed by atoms with Crippen molar-refractivity contribution in [3.8, 4) is 5.75 Å². The van der Waals surface area contributed by atoms with Crippen LogP contribution < -0.4 is 0 Å². The number of hydrogen-bond donors (Lipinski definition) is 2. The van der Waals surface area contributed by atoms with Gasteiger partial charge in [-0.2, -0.15) is 17.2 Å². The number of carbonyl (C=O) groups is 3. The predicted molar refractivity (Wildman–Crippen MR) is 169 cm³/mol. The molecule has 2 aromatic rings. The van der Waals surface area contributed by atoms with Crippen molar-refractivity contribution in [2.24, 2.45) is 17.3 Å². The highest BCUT2D eigenvalue weighted by molar-refractivity contribution is 14.1. The third kappa shape index (κ3) is 8.17. The fourth-order valence-electron chi connectivity index (χ4n) is 6.12. The number of aromatic hydroxyl groups is 1. The van der Waals surface area contributed by atoms with Crippen LogP contribution in [0.15, 0.2) is 36.4 Å². The Kier molecular flexibility index (Phi) is 11.1. The topological polar surface area (TPSA) is 154 Å². The van der Waals surface area contributed by atoms with E-state index in [1.807, 2.05) is 45.2 Å². The molecule has 0 saturated heterocycles. The molecular formula is C29H30F2I2O10S. The highest BCUT2D eigenvalue weighted by atomic mass is 127. The standard InChI is InChI=1S/C29H30F2I2O10S/c30-29(31,44(38,39)40)27(37)43-16-28-8-3-4-17(13-28)10-18(14-28)7-9-41-25(35)20-5-1-2-6-21(20)26(36)42-15-19-11-22(32)24(34)23(33)12-19/h1-2,5-6,11-12,17-18,34H,3-4,7-10,13-16H2,(H,38,39,40). The lowest BCUT2D eigenvalue weighted by atomic mass is 9.59. The Hall–Kier alpha value is -2.12. The van der Waals surface area contributed by atoms with Crippen LogP contribution in [-0.4, -0.2) is 54.5 Å². The molecule has 0 heterocycles. The summed E-state index contributed by atoms with van der Waals surface area (Å²) >= 11 is 3.95. The Labute approximate surface area is 280 Å². The van der Waals surface area contributed by atoms with Crippen LogP contribution in [0.1, 0.15) is 71.2 Å². The van der Waals surface area contributed by atoms with Crippen LogP contribution >= 0.6 is 45.2 Å². The van der Waals surface area contributed by atoms with E-state index in [1.54, 1.807) is 24.3 Å². The Balaban J connectivity index is 1.33. The molecule has 4 rings (SSSR count). The van der Waals surface area contributed by atoms with Gasteiger partial charge in [0.15, 0.2) is 0 Å². The number of esters is 3. The number of halogens is 4. The van der Waals surface area contributed by atoms with Crippen LogP contribution in [0, 0.1) is 24.4 Å². The lowest BCUT2D eigenvalue weighted by Gasteiger charge is -2.48. The van der Waals surface area contributed by atoms with Crippen LogP contribution in [0.2, 0.25) is 0 Å². The molecule has 44 heavy (non-hydrogen) atoms. The van der Waals surface area contributed by atoms with Gasteiger partial charge in [-0.15, -0.1) is 0 Å². The maximum Gasteiger partial charge on any atom is 0.465 e. The maximum absolute atomic E-state index is 13.7. The van der Waals surface area contributed by atoms with Crippen LogP contribution in [0.3, 0.4) is 0 Å². The molecule has 15 heteroatoms. The first kappa shape index (κ1) is 34.7. The SMILES string of the molecule is O=C(OCCC1CC2CCCC(COC(=O)C(F)(F)S(=O)(=O)O)(C2)C1)c1ccccc1C(=O)OCc1cc(I)c(O)c(I)c1. The van der Waals surface area contributed by atoms with Gasteiger partial charge in [0.1, 0.15) is 12.4 Å². The van der Waals surface area contributed by atoms with Crippen LogP contribution in [0.5, 0.6) is 5.75 Å². The summed E-state index contributed by atoms with van der Waals surface area (Å²) in [5.41, 5.74) is 0.124. The molecule has 2 saturated carbocycles. The molecule has 2 bridgehead atoms. The number of hydrogen-bond acceptors (Lipinski definition) is 9. The fourth-order valence-corrected chi connectivity index (χ4v) is 8.28. The Morgan fingerprint density at radius 3 is 2.23 bits per heavy atom. The summed E-state index contributed by atoms with van der Waals surface area (Å²) in [6.07, 6.45) is 4.70. The molecule has 3 atom stereocenters. The summed E-state index contributed by atoms with van der Waals surface area (Å²) in [6, 6.07) is 9.49. The van der Waals surface area contributed by atoms with E-state index in [-0.39, 0.29) is 41.9 Å². The second-order valence-corrected chi connectivity index (χ2v) is 15.1. The Morgan fingerprint density at radius 1 is 1.00 bits per heavy atom. The van der Waals surface area contributed by atoms with E-state index in [9.17, 15) is 36.7 Å². The second kappa shape index (κ2) is 14.1. The number of alkyl halides is 2. The molecule has 0 amide bonds. The van der Waals surface area contributed by atoms with Crippen molar-refractivity contribution in [2.45, 2.75) is 56.8 Å². The molecule has 240 valence electrons. The summed E-state index contributed by atoms with van der Waals surface area (Å²) in [6.45, 7) is -0.440. The molecular weight excluding hydrogens is 832 g/mol. The predicted octanol–water partition coefficient (Wildman–Crippen LogP) is 6.12. The Morgan fingerprint density at radius 2 is 1.61 bits per heavy atom. The van der Waals surface area contributed by atoms with Gasteiger partial charge in [0.2, 0.25) is 0 Å². The van der Waals surface area contributed by atoms with Crippen molar-refractivity contribution in [1.82, 2.24) is 0 Å². The second-order valence-electron chi connectivity index (χ2n) is 11.3. The van der Waals surface area contributed by atoms with Crippen LogP contribution in [-0.2, 0) is 35.7 Å². The summed E-state index contributed by atoms with van der Waals surface area (Å²) in [4.78, 5) is 37.6. The van der Waals surface area contributed by atoms with Gasteiger partial charge in [0.25, 0.3) is 0 Å². The summed E-state index contributed by atoms with van der Waals surface area (Å²) in [5.74, 6) is -3.32. The van der Waals surface area contributed by atoms with Gasteiger partial charge in [-0.1, -0.05) is 25.0 Å². The minimum Gasteiger partial charge on any atom is -0.506 e. The molecule has 2 fully saturated rings. The number of phenolic OH excluding ortho intramolecular Hbond substituents is 1. The molecule has 2 aromatic carbocycles. The number of fused-ring (bicyclic) bond motifs is 2. The van der Waals surface area contributed by atoms with E-state index < -0.39 is 45.3 Å². The van der Waals surface area contributed by atoms with Gasteiger partial charge in [0.05, 0.1) is 31.5 Å². The largest absolute Gasteiger partial charge is 0.506 e. The van der Waals surface area contributed by atoms with E-state index >= 15 is 0 Å². The van der Waals surface area contributed by atoms with Crippen molar-refractivity contribution in [1.29, 1.82) is 0 Å². The summed E-state index contributed by atoms with van der Waals surface area (Å²) in [5, 5.41) is 4.89. The molecule has 10 nitrogen and oxygen atoms in total. The zero-order valence-corrected chi connectivity index (χ0v) is 28.4. The van der Waals surface area contributed by atoms with E-state index in [0.29, 0.717) is 38.4 Å². The highest BCUT2D eigenvalue weighted by Crippen LogP contribution is 2.52. The summed E-state index contributed by atoms with van der Waals surface area (Å²) < 4.78 is 74.8. The van der Waals surface area contributed by atoms with E-state index in [2.05, 4.69) is 0 Å². The van der Waals surface area contributed by atoms with Gasteiger partial charge in [-0.05, 0) is 119 Å². The number of phenols is 1. The molecule has 0 aliphatic heterocycles. The van der Waals surface area contributed by atoms with E-state index in [4.69, 9.17) is 18.8 Å². The fraction of sp³-hybridized carbons (Fsp3) is 0.483. The quantitative estimate of drug-likeness (QED) is 0.117. The van der Waals surface area contributed by atoms with Crippen LogP contribution in [0.4, 0.5) is 8.78 Å². The van der Waals surface area contributed by atoms with Gasteiger partial charge >= 0.3 is 33.3 Å². The molecule has 2 aliphatic rings. The van der Waals surface area contributed by atoms with E-state index in [0.717, 1.165) is 19.3 Å². The summed E-state index contributed by atoms with van der Waals surface area (Å²) in [7, 11) is -5.96. The molecule has 2 aliphatic carbocycles. The average molecular weight is 862 g/mol. The first-order valence-electron chi connectivity index (χ1n) is 13.7. The smallest absolute Gasteiger partial charge is 0.465 e. The van der Waals surface area contributed by atoms with Crippen molar-refractivity contribution in [3.05, 3.63) is 60.2 Å². The molecule has 0 radical (unpaired) electrons. The monoisotopic (exact) mass is 862 g/mol. The normalized spacial score (nSPS) is 21.8. The number of ether oxygens (including phenoxy) is 3. The lowest BCUT2D eigenvalue weighted by molar-refractivity contribution is -0.168. The molecule has 2 N–H and O–H groups in total. The maximum atomic E-state index is 13.7. The average Bonchev–Trinajstić information content (AvgIpc) is 2.96. The first-order valence-corrected chi connectivity index (χ1v) is 17.3. The number of rotatable bonds is 11. The molecule has 3 unspecified atom stereocenters. The van der Waals surface area contributed by atoms with Crippen molar-refractivity contribution < 1.29 is 55.5 Å². The minimum atomic E-state index is -5.96. The highest BCUT2D eigenvalue weighted by Gasteiger charge is 2.55. The van der Waals surface area contributed by atoms with Crippen molar-refractivity contribution in [3.63, 3.8) is 0 Å². The van der Waals surface area contributed by atoms with E-state index in [1.165, 1.54) is 12.1 Å². The van der Waals surface area contributed by atoms with Crippen molar-refractivity contribution >= 4 is 73.2 Å². The zero-order valence-electron chi connectivity index (χ0n) is 23.3. The molecule has 0 spiro atoms. The van der Waals surface area contributed by atoms with Crippen molar-refractivity contribution in [2.75, 3.05) is 13.2 Å². The third-order valence-electron chi connectivity index (χ3n) is 8.07. The van der Waals surface area contributed by atoms with Gasteiger partial charge in [0, 0.05) is 5.41 Å². The minimum absolute atomic E-state index is 0.0266. The van der Waals surface area contributed by atoms with Gasteiger partial charge in [-0.3, -0.25) is 4.55 Å². The van der Waals surface area contributed by atoms with Crippen LogP contribution in [0.25, 0.3) is 0 Å². The first-order chi connectivity index (χ1) is 20.6. The molecule has 0 aromatic heterocycles. The zero-order chi connectivity index (χ0) is 32.3. The van der Waals surface area contributed by atoms with Gasteiger partial charge in [-0.25, -0.2) is 14.4 Å². The lowest BCUT2D eigenvalue weighted by Crippen LogP contribution is -2.44. The number of carbonyl (C=O) groups excluding carboxylic acids is 3.